The van der Waals surface area contributed by atoms with Gasteiger partial charge in [0.1, 0.15) is 0 Å². The molecule has 0 spiro atoms. The predicted octanol–water partition coefficient (Wildman–Crippen LogP) is 6.19. The van der Waals surface area contributed by atoms with Crippen molar-refractivity contribution in [1.29, 1.82) is 0 Å². The summed E-state index contributed by atoms with van der Waals surface area (Å²) < 4.78 is 0. The van der Waals surface area contributed by atoms with Gasteiger partial charge < -0.3 is 0 Å². The molecule has 0 amide bonds. The minimum absolute atomic E-state index is 0.716. The van der Waals surface area contributed by atoms with Crippen LogP contribution in [0.25, 0.3) is 0 Å². The quantitative estimate of drug-likeness (QED) is 0.502. The van der Waals surface area contributed by atoms with Crippen molar-refractivity contribution in [3.8, 4) is 0 Å². The molecule has 0 nitrogen and oxygen atoms in total. The minimum Gasteiger partial charge on any atom is -0.0844 e. The zero-order chi connectivity index (χ0) is 14.2. The van der Waals surface area contributed by atoms with Crippen molar-refractivity contribution in [2.45, 2.75) is 64.7 Å². The van der Waals surface area contributed by atoms with Crippen LogP contribution in [0.5, 0.6) is 0 Å². The Kier molecular flexibility index (Phi) is 3.49. The van der Waals surface area contributed by atoms with E-state index >= 15 is 0 Å². The van der Waals surface area contributed by atoms with Crippen LogP contribution in [0.4, 0.5) is 0 Å². The lowest BCUT2D eigenvalue weighted by Crippen LogP contribution is -2.23. The van der Waals surface area contributed by atoms with Crippen LogP contribution < -0.4 is 0 Å². The molecule has 0 aliphatic heterocycles. The van der Waals surface area contributed by atoms with Crippen molar-refractivity contribution in [1.82, 2.24) is 0 Å². The highest BCUT2D eigenvalue weighted by Crippen LogP contribution is 2.50. The average molecular weight is 278 g/mol. The summed E-state index contributed by atoms with van der Waals surface area (Å²) in [5.74, 6) is 0.716. The summed E-state index contributed by atoms with van der Waals surface area (Å²) >= 11 is 0. The van der Waals surface area contributed by atoms with E-state index in [1.807, 2.05) is 0 Å². The molecular weight excluding hydrogens is 252 g/mol. The molecule has 0 saturated heterocycles. The maximum absolute atomic E-state index is 2.56. The Labute approximate surface area is 129 Å². The number of fused-ring (bicyclic) bond motifs is 2. The van der Waals surface area contributed by atoms with Crippen molar-refractivity contribution >= 4 is 0 Å². The second-order valence-corrected chi connectivity index (χ2v) is 6.99. The summed E-state index contributed by atoms with van der Waals surface area (Å²) in [6.45, 7) is 2.40. The first kappa shape index (κ1) is 13.4. The van der Waals surface area contributed by atoms with Crippen LogP contribution in [0.2, 0.25) is 0 Å². The van der Waals surface area contributed by atoms with E-state index in [4.69, 9.17) is 0 Å². The van der Waals surface area contributed by atoms with Crippen LogP contribution in [0.3, 0.4) is 0 Å². The van der Waals surface area contributed by atoms with Gasteiger partial charge in [0.15, 0.2) is 0 Å². The average Bonchev–Trinajstić information content (AvgIpc) is 2.56. The Balaban J connectivity index is 1.88. The Bertz CT molecular complexity index is 604. The summed E-state index contributed by atoms with van der Waals surface area (Å²) in [4.78, 5) is 0. The highest BCUT2D eigenvalue weighted by molar-refractivity contribution is 5.61. The summed E-state index contributed by atoms with van der Waals surface area (Å²) in [6.07, 6.45) is 21.5. The molecule has 0 N–H and O–H groups in total. The summed E-state index contributed by atoms with van der Waals surface area (Å²) in [6, 6.07) is 0. The topological polar surface area (TPSA) is 0 Å². The van der Waals surface area contributed by atoms with Gasteiger partial charge in [-0.15, -0.1) is 0 Å². The number of allylic oxidation sites excluding steroid dienone is 10. The molecule has 0 bridgehead atoms. The van der Waals surface area contributed by atoms with Gasteiger partial charge in [-0.3, -0.25) is 0 Å². The van der Waals surface area contributed by atoms with E-state index in [-0.39, 0.29) is 0 Å². The molecule has 0 aromatic heterocycles. The van der Waals surface area contributed by atoms with Gasteiger partial charge in [-0.05, 0) is 98.1 Å². The highest BCUT2D eigenvalue weighted by atomic mass is 14.4. The van der Waals surface area contributed by atoms with E-state index in [0.717, 1.165) is 12.8 Å². The van der Waals surface area contributed by atoms with Crippen LogP contribution in [0.15, 0.2) is 57.7 Å². The van der Waals surface area contributed by atoms with E-state index in [0.29, 0.717) is 5.92 Å². The molecule has 21 heavy (non-hydrogen) atoms. The van der Waals surface area contributed by atoms with Crippen molar-refractivity contribution in [2.75, 3.05) is 0 Å². The van der Waals surface area contributed by atoms with Crippen LogP contribution in [-0.2, 0) is 0 Å². The Morgan fingerprint density at radius 2 is 1.81 bits per heavy atom. The van der Waals surface area contributed by atoms with Crippen molar-refractivity contribution in [2.24, 2.45) is 5.92 Å². The second-order valence-electron chi connectivity index (χ2n) is 6.99. The molecule has 0 aromatic rings. The molecule has 4 aliphatic carbocycles. The van der Waals surface area contributed by atoms with Crippen molar-refractivity contribution < 1.29 is 0 Å². The molecule has 1 unspecified atom stereocenters. The number of hydrogen-bond donors (Lipinski definition) is 0. The lowest BCUT2D eigenvalue weighted by atomic mass is 9.65. The van der Waals surface area contributed by atoms with E-state index in [9.17, 15) is 0 Å². The van der Waals surface area contributed by atoms with Crippen LogP contribution in [-0.4, -0.2) is 0 Å². The Morgan fingerprint density at radius 3 is 2.62 bits per heavy atom. The van der Waals surface area contributed by atoms with Gasteiger partial charge in [0.2, 0.25) is 0 Å². The fourth-order valence-electron chi connectivity index (χ4n) is 4.83. The third-order valence-corrected chi connectivity index (χ3v) is 5.81. The number of rotatable bonds is 1. The molecule has 0 heteroatoms. The fourth-order valence-corrected chi connectivity index (χ4v) is 4.83. The lowest BCUT2D eigenvalue weighted by molar-refractivity contribution is 0.550. The maximum atomic E-state index is 2.56. The molecule has 1 atom stereocenters. The summed E-state index contributed by atoms with van der Waals surface area (Å²) in [5, 5.41) is 0. The fraction of sp³-hybridized carbons (Fsp3) is 0.524. The van der Waals surface area contributed by atoms with Gasteiger partial charge in [-0.2, -0.15) is 0 Å². The SMILES string of the molecule is CC1=C2CCCCC2=C(C2=CCC=CC2)C2CCCC=C12. The van der Waals surface area contributed by atoms with Crippen LogP contribution in [0, 0.1) is 5.92 Å². The molecule has 0 aromatic carbocycles. The summed E-state index contributed by atoms with van der Waals surface area (Å²) in [5.41, 5.74) is 10.2. The summed E-state index contributed by atoms with van der Waals surface area (Å²) in [7, 11) is 0. The van der Waals surface area contributed by atoms with Crippen LogP contribution in [0.1, 0.15) is 64.7 Å². The predicted molar refractivity (Wildman–Crippen MR) is 90.1 cm³/mol. The van der Waals surface area contributed by atoms with Crippen molar-refractivity contribution in [3.63, 3.8) is 0 Å². The molecule has 4 rings (SSSR count). The normalized spacial score (nSPS) is 28.9. The highest BCUT2D eigenvalue weighted by Gasteiger charge is 2.34. The lowest BCUT2D eigenvalue weighted by Gasteiger charge is -2.39. The van der Waals surface area contributed by atoms with Gasteiger partial charge in [-0.25, -0.2) is 0 Å². The zero-order valence-electron chi connectivity index (χ0n) is 13.3. The van der Waals surface area contributed by atoms with Gasteiger partial charge in [0, 0.05) is 5.92 Å². The van der Waals surface area contributed by atoms with E-state index in [1.165, 1.54) is 44.9 Å². The van der Waals surface area contributed by atoms with E-state index in [1.54, 1.807) is 33.4 Å². The standard InChI is InChI=1S/C21H26/c1-15-17-11-5-7-13-19(17)21(16-9-3-2-4-10-16)20-14-8-6-12-18(15)20/h2-3,10-11,19H,4-9,12-14H2,1H3. The first-order valence-corrected chi connectivity index (χ1v) is 8.84. The van der Waals surface area contributed by atoms with E-state index < -0.39 is 0 Å². The molecule has 0 radical (unpaired) electrons. The third-order valence-electron chi connectivity index (χ3n) is 5.81. The third kappa shape index (κ3) is 2.20. The Morgan fingerprint density at radius 1 is 0.952 bits per heavy atom. The molecule has 1 saturated carbocycles. The number of hydrogen-bond acceptors (Lipinski definition) is 0. The minimum atomic E-state index is 0.716. The van der Waals surface area contributed by atoms with Gasteiger partial charge >= 0.3 is 0 Å². The molecule has 110 valence electrons. The molecule has 4 aliphatic rings. The first-order chi connectivity index (χ1) is 10.4. The molecule has 1 fully saturated rings. The van der Waals surface area contributed by atoms with Gasteiger partial charge in [0.05, 0.1) is 0 Å². The van der Waals surface area contributed by atoms with E-state index in [2.05, 4.69) is 31.2 Å². The molecular formula is C21H26. The maximum Gasteiger partial charge on any atom is 0.00945 e. The first-order valence-electron chi connectivity index (χ1n) is 8.84. The largest absolute Gasteiger partial charge is 0.0844 e. The second kappa shape index (κ2) is 5.48. The van der Waals surface area contributed by atoms with Gasteiger partial charge in [-0.1, -0.05) is 24.3 Å². The smallest absolute Gasteiger partial charge is 0.00945 e. The monoisotopic (exact) mass is 278 g/mol. The van der Waals surface area contributed by atoms with Crippen molar-refractivity contribution in [3.05, 3.63) is 57.7 Å². The Hall–Kier alpha value is -1.30. The van der Waals surface area contributed by atoms with Gasteiger partial charge in [0.25, 0.3) is 0 Å². The molecule has 0 heterocycles. The zero-order valence-corrected chi connectivity index (χ0v) is 13.3. The van der Waals surface area contributed by atoms with Crippen LogP contribution >= 0.6 is 0 Å².